The molecule has 0 unspecified atom stereocenters. The predicted molar refractivity (Wildman–Crippen MR) is 149 cm³/mol. The van der Waals surface area contributed by atoms with E-state index in [9.17, 15) is 9.59 Å². The fourth-order valence-corrected chi connectivity index (χ4v) is 4.12. The van der Waals surface area contributed by atoms with E-state index in [-0.39, 0.29) is 11.5 Å². The number of halogens is 1. The Bertz CT molecular complexity index is 1380. The number of ether oxygens (including phenoxy) is 3. The Hall–Kier alpha value is -3.46. The Morgan fingerprint density at radius 1 is 1.24 bits per heavy atom. The van der Waals surface area contributed by atoms with E-state index in [1.54, 1.807) is 31.3 Å². The van der Waals surface area contributed by atoms with Crippen molar-refractivity contribution in [2.75, 3.05) is 13.7 Å². The van der Waals surface area contributed by atoms with Gasteiger partial charge in [0, 0.05) is 16.0 Å². The van der Waals surface area contributed by atoms with Gasteiger partial charge in [0.1, 0.15) is 5.82 Å². The maximum absolute atomic E-state index is 13.4. The molecule has 3 aromatic rings. The number of methoxy groups -OCH3 is 1. The zero-order valence-corrected chi connectivity index (χ0v) is 23.4. The second-order valence-electron chi connectivity index (χ2n) is 8.52. The minimum Gasteiger partial charge on any atom is -0.490 e. The van der Waals surface area contributed by atoms with Crippen LogP contribution in [0.3, 0.4) is 0 Å². The van der Waals surface area contributed by atoms with Gasteiger partial charge in [0.05, 0.1) is 30.8 Å². The smallest absolute Gasteiger partial charge is 0.346 e. The van der Waals surface area contributed by atoms with E-state index in [1.807, 2.05) is 39.0 Å². The van der Waals surface area contributed by atoms with E-state index in [0.717, 1.165) is 16.5 Å². The lowest BCUT2D eigenvalue weighted by Crippen LogP contribution is -2.25. The molecular formula is C28H32BrN3O5. The lowest BCUT2D eigenvalue weighted by molar-refractivity contribution is -0.147. The number of allylic oxidation sites excluding steroid dienone is 1. The highest BCUT2D eigenvalue weighted by atomic mass is 79.9. The van der Waals surface area contributed by atoms with Crippen molar-refractivity contribution < 1.29 is 19.0 Å². The Morgan fingerprint density at radius 3 is 2.65 bits per heavy atom. The molecule has 196 valence electrons. The van der Waals surface area contributed by atoms with Crippen molar-refractivity contribution in [3.63, 3.8) is 0 Å². The molecule has 37 heavy (non-hydrogen) atoms. The molecule has 2 aromatic carbocycles. The molecule has 0 bridgehead atoms. The van der Waals surface area contributed by atoms with E-state index in [0.29, 0.717) is 46.8 Å². The van der Waals surface area contributed by atoms with Gasteiger partial charge >= 0.3 is 5.97 Å². The summed E-state index contributed by atoms with van der Waals surface area (Å²) in [5.41, 5.74) is 1.83. The minimum absolute atomic E-state index is 0.0174. The standard InChI is InChI=1S/C28H32BrN3O5/c1-7-10-20-13-19(14-24(36-9-3)25(20)37-18(5)28(34)35-6)16-30-32-26(17(4)8-2)31-23-12-11-21(29)15-22(23)27(32)33/h7,11-18H,1,8-10H2,2-6H3/t17-,18-/m1/s1. The van der Waals surface area contributed by atoms with Gasteiger partial charge in [0.2, 0.25) is 0 Å². The maximum atomic E-state index is 13.4. The maximum Gasteiger partial charge on any atom is 0.346 e. The molecule has 1 heterocycles. The van der Waals surface area contributed by atoms with Crippen molar-refractivity contribution in [2.24, 2.45) is 5.10 Å². The fraction of sp³-hybridized carbons (Fsp3) is 0.357. The molecule has 0 amide bonds. The number of carbonyl (C=O) groups excluding carboxylic acids is 1. The summed E-state index contributed by atoms with van der Waals surface area (Å²) in [6.07, 6.45) is 3.77. The van der Waals surface area contributed by atoms with Crippen molar-refractivity contribution in [3.8, 4) is 11.5 Å². The summed E-state index contributed by atoms with van der Waals surface area (Å²) in [4.78, 5) is 30.2. The molecule has 0 aliphatic heterocycles. The van der Waals surface area contributed by atoms with Gasteiger partial charge in [-0.05, 0) is 62.6 Å². The summed E-state index contributed by atoms with van der Waals surface area (Å²) < 4.78 is 18.7. The van der Waals surface area contributed by atoms with Crippen molar-refractivity contribution in [1.29, 1.82) is 0 Å². The number of rotatable bonds is 11. The third-order valence-corrected chi connectivity index (χ3v) is 6.35. The molecule has 0 saturated carbocycles. The zero-order chi connectivity index (χ0) is 27.1. The first-order valence-corrected chi connectivity index (χ1v) is 12.9. The van der Waals surface area contributed by atoms with Crippen molar-refractivity contribution in [3.05, 3.63) is 74.8 Å². The molecule has 0 fully saturated rings. The third kappa shape index (κ3) is 6.46. The monoisotopic (exact) mass is 569 g/mol. The number of nitrogens with zero attached hydrogens (tertiary/aromatic N) is 3. The van der Waals surface area contributed by atoms with Crippen LogP contribution in [0.4, 0.5) is 0 Å². The van der Waals surface area contributed by atoms with Gasteiger partial charge in [-0.2, -0.15) is 9.78 Å². The van der Waals surface area contributed by atoms with Crippen LogP contribution in [0, 0.1) is 0 Å². The summed E-state index contributed by atoms with van der Waals surface area (Å²) in [6.45, 7) is 11.8. The largest absolute Gasteiger partial charge is 0.490 e. The van der Waals surface area contributed by atoms with Crippen LogP contribution < -0.4 is 15.0 Å². The van der Waals surface area contributed by atoms with Crippen LogP contribution >= 0.6 is 15.9 Å². The van der Waals surface area contributed by atoms with Crippen LogP contribution in [0.1, 0.15) is 57.0 Å². The van der Waals surface area contributed by atoms with Gasteiger partial charge in [-0.15, -0.1) is 6.58 Å². The number of aromatic nitrogens is 2. The summed E-state index contributed by atoms with van der Waals surface area (Å²) >= 11 is 3.43. The molecule has 0 aliphatic carbocycles. The highest BCUT2D eigenvalue weighted by molar-refractivity contribution is 9.10. The van der Waals surface area contributed by atoms with Gasteiger partial charge in [0.15, 0.2) is 17.6 Å². The first-order chi connectivity index (χ1) is 17.7. The van der Waals surface area contributed by atoms with Crippen LogP contribution in [0.5, 0.6) is 11.5 Å². The summed E-state index contributed by atoms with van der Waals surface area (Å²) in [5.74, 6) is 0.996. The summed E-state index contributed by atoms with van der Waals surface area (Å²) in [7, 11) is 1.31. The van der Waals surface area contributed by atoms with Crippen molar-refractivity contribution in [1.82, 2.24) is 9.66 Å². The first-order valence-electron chi connectivity index (χ1n) is 12.2. The molecule has 9 heteroatoms. The molecular weight excluding hydrogens is 538 g/mol. The average Bonchev–Trinajstić information content (AvgIpc) is 2.89. The topological polar surface area (TPSA) is 92.0 Å². The second kappa shape index (κ2) is 12.7. The molecule has 2 atom stereocenters. The number of hydrogen-bond donors (Lipinski definition) is 0. The second-order valence-corrected chi connectivity index (χ2v) is 9.43. The van der Waals surface area contributed by atoms with Gasteiger partial charge < -0.3 is 14.2 Å². The third-order valence-electron chi connectivity index (χ3n) is 5.85. The molecule has 0 saturated heterocycles. The normalized spacial score (nSPS) is 12.9. The van der Waals surface area contributed by atoms with E-state index >= 15 is 0 Å². The van der Waals surface area contributed by atoms with E-state index in [2.05, 4.69) is 27.6 Å². The Labute approximate surface area is 225 Å². The molecule has 0 radical (unpaired) electrons. The Morgan fingerprint density at radius 2 is 2.00 bits per heavy atom. The molecule has 3 rings (SSSR count). The van der Waals surface area contributed by atoms with E-state index in [1.165, 1.54) is 11.8 Å². The molecule has 1 aromatic heterocycles. The predicted octanol–water partition coefficient (Wildman–Crippen LogP) is 5.62. The fourth-order valence-electron chi connectivity index (χ4n) is 3.76. The zero-order valence-electron chi connectivity index (χ0n) is 21.8. The quantitative estimate of drug-likeness (QED) is 0.169. The van der Waals surface area contributed by atoms with Crippen molar-refractivity contribution >= 4 is 39.0 Å². The van der Waals surface area contributed by atoms with Gasteiger partial charge in [-0.1, -0.05) is 35.9 Å². The Kier molecular flexibility index (Phi) is 9.63. The van der Waals surface area contributed by atoms with E-state index < -0.39 is 12.1 Å². The average molecular weight is 570 g/mol. The lowest BCUT2D eigenvalue weighted by Gasteiger charge is -2.19. The number of hydrogen-bond acceptors (Lipinski definition) is 7. The van der Waals surface area contributed by atoms with Crippen molar-refractivity contribution in [2.45, 2.75) is 52.6 Å². The van der Waals surface area contributed by atoms with Crippen LogP contribution in [-0.4, -0.2) is 41.7 Å². The number of fused-ring (bicyclic) bond motifs is 1. The number of esters is 1. The van der Waals surface area contributed by atoms with Gasteiger partial charge in [-0.25, -0.2) is 9.78 Å². The highest BCUT2D eigenvalue weighted by Crippen LogP contribution is 2.34. The number of carbonyl (C=O) groups is 1. The van der Waals surface area contributed by atoms with E-state index in [4.69, 9.17) is 19.2 Å². The van der Waals surface area contributed by atoms with Crippen LogP contribution in [0.2, 0.25) is 0 Å². The van der Waals surface area contributed by atoms with Crippen LogP contribution in [-0.2, 0) is 16.0 Å². The molecule has 0 spiro atoms. The highest BCUT2D eigenvalue weighted by Gasteiger charge is 2.21. The first kappa shape index (κ1) is 28.1. The van der Waals surface area contributed by atoms with Gasteiger partial charge in [0.25, 0.3) is 5.56 Å². The van der Waals surface area contributed by atoms with Crippen LogP contribution in [0.15, 0.2) is 57.4 Å². The molecule has 8 nitrogen and oxygen atoms in total. The summed E-state index contributed by atoms with van der Waals surface area (Å²) in [5, 5.41) is 5.04. The lowest BCUT2D eigenvalue weighted by atomic mass is 10.1. The van der Waals surface area contributed by atoms with Gasteiger partial charge in [-0.3, -0.25) is 4.79 Å². The molecule has 0 N–H and O–H groups in total. The summed E-state index contributed by atoms with van der Waals surface area (Å²) in [6, 6.07) is 9.07. The minimum atomic E-state index is -0.827. The SMILES string of the molecule is C=CCc1cc(C=Nn2c([C@H](C)CC)nc3ccc(Br)cc3c2=O)cc(OCC)c1O[C@H](C)C(=O)OC. The Balaban J connectivity index is 2.15. The van der Waals surface area contributed by atoms with Crippen LogP contribution in [0.25, 0.3) is 10.9 Å². The number of benzene rings is 2. The molecule has 0 aliphatic rings.